The van der Waals surface area contributed by atoms with Crippen LogP contribution in [-0.4, -0.2) is 29.6 Å². The summed E-state index contributed by atoms with van der Waals surface area (Å²) in [4.78, 5) is 17.9. The van der Waals surface area contributed by atoms with E-state index in [1.165, 1.54) is 4.68 Å². The minimum atomic E-state index is -0.193. The van der Waals surface area contributed by atoms with E-state index in [4.69, 9.17) is 14.5 Å². The summed E-state index contributed by atoms with van der Waals surface area (Å²) in [5, 5.41) is 5.02. The highest BCUT2D eigenvalue weighted by atomic mass is 127. The van der Waals surface area contributed by atoms with Crippen molar-refractivity contribution in [2.45, 2.75) is 26.2 Å². The number of hydrogen-bond donors (Lipinski definition) is 0. The molecule has 0 aliphatic carbocycles. The third kappa shape index (κ3) is 5.54. The van der Waals surface area contributed by atoms with E-state index < -0.39 is 0 Å². The largest absolute Gasteiger partial charge is 0.493 e. The average Bonchev–Trinajstić information content (AvgIpc) is 2.76. The molecule has 0 unspecified atom stereocenters. The number of aryl methyl sites for hydroxylation is 1. The smallest absolute Gasteiger partial charge is 0.282 e. The molecule has 0 amide bonds. The molecule has 6 nitrogen and oxygen atoms in total. The van der Waals surface area contributed by atoms with Gasteiger partial charge in [-0.3, -0.25) is 4.79 Å². The molecule has 0 N–H and O–H groups in total. The van der Waals surface area contributed by atoms with E-state index in [0.717, 1.165) is 26.4 Å². The van der Waals surface area contributed by atoms with Crippen molar-refractivity contribution in [3.63, 3.8) is 0 Å². The fraction of sp³-hybridized carbons (Fsp3) is 0.261. The van der Waals surface area contributed by atoms with Crippen LogP contribution in [0, 0.1) is 3.57 Å². The van der Waals surface area contributed by atoms with Gasteiger partial charge in [0.15, 0.2) is 11.5 Å². The van der Waals surface area contributed by atoms with Crippen LogP contribution in [0.3, 0.4) is 0 Å². The molecule has 0 radical (unpaired) electrons. The van der Waals surface area contributed by atoms with Crippen LogP contribution in [0.15, 0.2) is 57.4 Å². The van der Waals surface area contributed by atoms with Crippen LogP contribution in [0.25, 0.3) is 10.9 Å². The molecule has 0 atom stereocenters. The first-order valence-corrected chi connectivity index (χ1v) is 11.7. The van der Waals surface area contributed by atoms with Gasteiger partial charge in [0, 0.05) is 10.9 Å². The lowest BCUT2D eigenvalue weighted by Crippen LogP contribution is -2.22. The first kappa shape index (κ1) is 23.5. The molecule has 3 aromatic rings. The molecule has 8 heteroatoms. The lowest BCUT2D eigenvalue weighted by molar-refractivity contribution is 0.324. The van der Waals surface area contributed by atoms with E-state index in [1.54, 1.807) is 25.5 Å². The number of halogens is 2. The van der Waals surface area contributed by atoms with Gasteiger partial charge in [0.2, 0.25) is 0 Å². The zero-order valence-corrected chi connectivity index (χ0v) is 21.1. The van der Waals surface area contributed by atoms with Crippen molar-refractivity contribution in [1.29, 1.82) is 0 Å². The molecule has 3 rings (SSSR count). The van der Waals surface area contributed by atoms with Gasteiger partial charge >= 0.3 is 0 Å². The third-order valence-electron chi connectivity index (χ3n) is 4.55. The van der Waals surface area contributed by atoms with E-state index >= 15 is 0 Å². The molecule has 0 fully saturated rings. The lowest BCUT2D eigenvalue weighted by Gasteiger charge is -2.12. The molecule has 0 aliphatic heterocycles. The number of benzene rings is 2. The van der Waals surface area contributed by atoms with Crippen LogP contribution in [0.5, 0.6) is 11.5 Å². The van der Waals surface area contributed by atoms with E-state index in [9.17, 15) is 4.79 Å². The molecule has 1 aromatic heterocycles. The fourth-order valence-electron chi connectivity index (χ4n) is 3.03. The predicted octanol–water partition coefficient (Wildman–Crippen LogP) is 5.56. The second-order valence-electron chi connectivity index (χ2n) is 6.79. The minimum absolute atomic E-state index is 0.193. The van der Waals surface area contributed by atoms with Gasteiger partial charge in [-0.15, -0.1) is 0 Å². The molecule has 0 aliphatic rings. The summed E-state index contributed by atoms with van der Waals surface area (Å²) in [5.41, 5.74) is 1.27. The fourth-order valence-corrected chi connectivity index (χ4v) is 4.17. The molecule has 162 valence electrons. The Balaban J connectivity index is 2.07. The van der Waals surface area contributed by atoms with Crippen LogP contribution >= 0.6 is 38.5 Å². The zero-order valence-electron chi connectivity index (χ0n) is 17.4. The lowest BCUT2D eigenvalue weighted by atomic mass is 10.2. The maximum atomic E-state index is 13.2. The Bertz CT molecular complexity index is 1190. The van der Waals surface area contributed by atoms with Gasteiger partial charge in [0.1, 0.15) is 12.4 Å². The zero-order chi connectivity index (χ0) is 22.4. The van der Waals surface area contributed by atoms with Crippen molar-refractivity contribution in [1.82, 2.24) is 9.66 Å². The summed E-state index contributed by atoms with van der Waals surface area (Å²) in [6, 6.07) is 9.26. The molecule has 1 heterocycles. The van der Waals surface area contributed by atoms with Gasteiger partial charge in [-0.05, 0) is 64.9 Å². The number of hydrogen-bond acceptors (Lipinski definition) is 5. The molecule has 0 spiro atoms. The number of methoxy groups -OCH3 is 1. The van der Waals surface area contributed by atoms with Crippen molar-refractivity contribution >= 4 is 55.6 Å². The summed E-state index contributed by atoms with van der Waals surface area (Å²) in [6.07, 6.45) is 5.92. The minimum Gasteiger partial charge on any atom is -0.493 e. The summed E-state index contributed by atoms with van der Waals surface area (Å²) in [7, 11) is 1.59. The van der Waals surface area contributed by atoms with Gasteiger partial charge in [-0.1, -0.05) is 41.9 Å². The first-order chi connectivity index (χ1) is 15.0. The molecular weight excluding hydrogens is 573 g/mol. The van der Waals surface area contributed by atoms with E-state index in [1.807, 2.05) is 24.3 Å². The third-order valence-corrected chi connectivity index (χ3v) is 5.84. The number of fused-ring (bicyclic) bond motifs is 1. The number of ether oxygens (including phenoxy) is 2. The molecule has 0 saturated carbocycles. The summed E-state index contributed by atoms with van der Waals surface area (Å²) in [5.74, 6) is 1.89. The van der Waals surface area contributed by atoms with Gasteiger partial charge in [-0.2, -0.15) is 9.78 Å². The Morgan fingerprint density at radius 2 is 2.13 bits per heavy atom. The number of rotatable bonds is 9. The van der Waals surface area contributed by atoms with Crippen LogP contribution in [0.2, 0.25) is 0 Å². The Labute approximate surface area is 203 Å². The van der Waals surface area contributed by atoms with Gasteiger partial charge in [0.25, 0.3) is 5.56 Å². The topological polar surface area (TPSA) is 65.7 Å². The Morgan fingerprint density at radius 3 is 2.84 bits per heavy atom. The molecule has 2 aromatic carbocycles. The summed E-state index contributed by atoms with van der Waals surface area (Å²) in [6.45, 7) is 6.16. The highest BCUT2D eigenvalue weighted by molar-refractivity contribution is 14.1. The average molecular weight is 596 g/mol. The Kier molecular flexibility index (Phi) is 8.25. The van der Waals surface area contributed by atoms with Crippen LogP contribution in [-0.2, 0) is 6.42 Å². The Morgan fingerprint density at radius 1 is 1.32 bits per heavy atom. The normalized spacial score (nSPS) is 11.2. The van der Waals surface area contributed by atoms with E-state index in [0.29, 0.717) is 41.3 Å². The summed E-state index contributed by atoms with van der Waals surface area (Å²) >= 11 is 5.62. The van der Waals surface area contributed by atoms with Crippen LogP contribution in [0.4, 0.5) is 0 Å². The quantitative estimate of drug-likeness (QED) is 0.184. The van der Waals surface area contributed by atoms with Gasteiger partial charge in [0.05, 0.1) is 27.8 Å². The second kappa shape index (κ2) is 10.9. The predicted molar refractivity (Wildman–Crippen MR) is 137 cm³/mol. The van der Waals surface area contributed by atoms with Crippen molar-refractivity contribution in [2.24, 2.45) is 5.10 Å². The molecular formula is C23H23BrIN3O3. The SMILES string of the molecule is C=CCOc1c(I)cc(C=Nn2c(CCCC)nc3ccc(Br)cc3c2=O)cc1OC. The number of nitrogens with zero attached hydrogens (tertiary/aromatic N) is 3. The maximum Gasteiger partial charge on any atom is 0.282 e. The van der Waals surface area contributed by atoms with Gasteiger partial charge < -0.3 is 9.47 Å². The maximum absolute atomic E-state index is 13.2. The van der Waals surface area contributed by atoms with Gasteiger partial charge in [-0.25, -0.2) is 4.98 Å². The Hall–Kier alpha value is -2.20. The van der Waals surface area contributed by atoms with E-state index in [-0.39, 0.29) is 5.56 Å². The molecule has 0 saturated heterocycles. The standard InChI is InChI=1S/C23H23BrIN3O3/c1-4-6-7-21-27-19-9-8-16(24)13-17(19)23(29)28(21)26-14-15-11-18(25)22(31-10-5-2)20(12-15)30-3/h5,8-9,11-14H,2,4,6-7,10H2,1,3H3. The summed E-state index contributed by atoms with van der Waals surface area (Å²) < 4.78 is 14.3. The van der Waals surface area contributed by atoms with E-state index in [2.05, 4.69) is 57.1 Å². The van der Waals surface area contributed by atoms with Crippen molar-refractivity contribution < 1.29 is 9.47 Å². The van der Waals surface area contributed by atoms with Crippen LogP contribution < -0.4 is 15.0 Å². The van der Waals surface area contributed by atoms with Crippen LogP contribution in [0.1, 0.15) is 31.2 Å². The molecule has 0 bridgehead atoms. The first-order valence-electron chi connectivity index (χ1n) is 9.85. The number of aromatic nitrogens is 2. The van der Waals surface area contributed by atoms with Crippen molar-refractivity contribution in [2.75, 3.05) is 13.7 Å². The monoisotopic (exact) mass is 595 g/mol. The number of unbranched alkanes of at least 4 members (excludes halogenated alkanes) is 1. The van der Waals surface area contributed by atoms with Crippen molar-refractivity contribution in [3.05, 3.63) is 72.8 Å². The molecule has 31 heavy (non-hydrogen) atoms. The highest BCUT2D eigenvalue weighted by Crippen LogP contribution is 2.33. The second-order valence-corrected chi connectivity index (χ2v) is 8.87. The van der Waals surface area contributed by atoms with Crippen molar-refractivity contribution in [3.8, 4) is 11.5 Å². The highest BCUT2D eigenvalue weighted by Gasteiger charge is 2.13.